The smallest absolute Gasteiger partial charge is 0.0754 e. The van der Waals surface area contributed by atoms with Gasteiger partial charge in [0, 0.05) is 22.5 Å². The van der Waals surface area contributed by atoms with Gasteiger partial charge in [-0.1, -0.05) is 176 Å². The molecule has 12 rings (SSSR count). The summed E-state index contributed by atoms with van der Waals surface area (Å²) in [5.41, 5.74) is 24.3. The van der Waals surface area contributed by atoms with Crippen LogP contribution in [0.3, 0.4) is 0 Å². The number of fused-ring (bicyclic) bond motifs is 11. The normalized spacial score (nSPS) is 13.5. The van der Waals surface area contributed by atoms with Crippen molar-refractivity contribution in [2.45, 2.75) is 12.0 Å². The van der Waals surface area contributed by atoms with E-state index in [0.717, 1.165) is 33.8 Å². The number of hydrogen-bond acceptors (Lipinski definition) is 3. The largest absolute Gasteiger partial charge is 0.398 e. The van der Waals surface area contributed by atoms with E-state index in [0.29, 0.717) is 6.54 Å². The predicted octanol–water partition coefficient (Wildman–Crippen LogP) is 14.4. The van der Waals surface area contributed by atoms with Crippen LogP contribution in [0.2, 0.25) is 0 Å². The van der Waals surface area contributed by atoms with Crippen molar-refractivity contribution in [3.63, 3.8) is 0 Å². The lowest BCUT2D eigenvalue weighted by Crippen LogP contribution is -2.36. The lowest BCUT2D eigenvalue weighted by atomic mass is 9.63. The number of nitrogens with zero attached hydrogens (tertiary/aromatic N) is 2. The zero-order valence-corrected chi connectivity index (χ0v) is 34.0. The molecule has 1 spiro atoms. The lowest BCUT2D eigenvalue weighted by molar-refractivity contribution is 0.756. The maximum Gasteiger partial charge on any atom is 0.0754 e. The van der Waals surface area contributed by atoms with E-state index < -0.39 is 5.41 Å². The highest BCUT2D eigenvalue weighted by atomic mass is 15.2. The molecule has 0 aromatic heterocycles. The summed E-state index contributed by atoms with van der Waals surface area (Å²) in [5.74, 6) is 0. The molecule has 2 aliphatic rings. The van der Waals surface area contributed by atoms with Crippen molar-refractivity contribution >= 4 is 50.0 Å². The molecule has 0 saturated carbocycles. The van der Waals surface area contributed by atoms with Crippen molar-refractivity contribution in [3.8, 4) is 22.3 Å². The summed E-state index contributed by atoms with van der Waals surface area (Å²) >= 11 is 0. The summed E-state index contributed by atoms with van der Waals surface area (Å²) in [4.78, 5) is 7.67. The first-order chi connectivity index (χ1) is 30.6. The van der Waals surface area contributed by atoms with Crippen molar-refractivity contribution < 1.29 is 0 Å². The molecule has 0 fully saturated rings. The van der Waals surface area contributed by atoms with Crippen LogP contribution in [-0.2, 0) is 12.0 Å². The summed E-state index contributed by atoms with van der Waals surface area (Å²) in [6.07, 6.45) is 0. The van der Waals surface area contributed by atoms with Crippen molar-refractivity contribution in [2.24, 2.45) is 4.99 Å². The molecule has 0 atom stereocenters. The molecule has 3 nitrogen and oxygen atoms in total. The van der Waals surface area contributed by atoms with Gasteiger partial charge in [0.2, 0.25) is 0 Å². The van der Waals surface area contributed by atoms with Crippen LogP contribution in [-0.4, -0.2) is 5.71 Å². The van der Waals surface area contributed by atoms with Gasteiger partial charge in [-0.3, -0.25) is 4.99 Å². The van der Waals surface area contributed by atoms with Gasteiger partial charge >= 0.3 is 0 Å². The van der Waals surface area contributed by atoms with Gasteiger partial charge in [-0.15, -0.1) is 0 Å². The van der Waals surface area contributed by atoms with E-state index in [4.69, 9.17) is 10.7 Å². The summed E-state index contributed by atoms with van der Waals surface area (Å²) in [5, 5.41) is 4.90. The maximum absolute atomic E-state index is 6.48. The Bertz CT molecular complexity index is 3300. The Kier molecular flexibility index (Phi) is 8.29. The standard InChI is InChI=1S/C59H41N3/c60-55-26-14-12-24-50(55)58(41-15-3-1-4-16-41)61-38-39-27-29-40(30-28-39)46-31-32-49-48-23-11-13-25-51(48)59(52(49)33-46)53-34-42-17-7-9-19-44(42)36-56(53)62(47-21-5-2-6-22-47)57-37-45-20-10-8-18-43(45)35-54(57)59/h1-37H,38,60H2/b61-58-. The Morgan fingerprint density at radius 1 is 0.435 bits per heavy atom. The highest BCUT2D eigenvalue weighted by Gasteiger charge is 2.52. The molecule has 3 heteroatoms. The van der Waals surface area contributed by atoms with Crippen LogP contribution in [0.1, 0.15) is 38.9 Å². The number of nitrogens with two attached hydrogens (primary N) is 1. The minimum absolute atomic E-state index is 0.537. The van der Waals surface area contributed by atoms with E-state index in [1.54, 1.807) is 0 Å². The van der Waals surface area contributed by atoms with Crippen molar-refractivity contribution in [2.75, 3.05) is 10.6 Å². The third-order valence-electron chi connectivity index (χ3n) is 13.0. The summed E-state index contributed by atoms with van der Waals surface area (Å²) < 4.78 is 0. The average molecular weight is 792 g/mol. The Balaban J connectivity index is 1.05. The first-order valence-electron chi connectivity index (χ1n) is 21.4. The molecule has 0 radical (unpaired) electrons. The minimum Gasteiger partial charge on any atom is -0.398 e. The second kappa shape index (κ2) is 14.3. The van der Waals surface area contributed by atoms with Gasteiger partial charge in [0.1, 0.15) is 0 Å². The van der Waals surface area contributed by atoms with E-state index in [-0.39, 0.29) is 0 Å². The van der Waals surface area contributed by atoms with Crippen molar-refractivity contribution in [3.05, 3.63) is 263 Å². The monoisotopic (exact) mass is 791 g/mol. The van der Waals surface area contributed by atoms with Crippen LogP contribution in [0.4, 0.5) is 22.7 Å². The van der Waals surface area contributed by atoms with Crippen LogP contribution in [0, 0.1) is 0 Å². The van der Waals surface area contributed by atoms with Crippen LogP contribution in [0.5, 0.6) is 0 Å². The molecule has 1 aliphatic heterocycles. The second-order valence-corrected chi connectivity index (χ2v) is 16.5. The quantitative estimate of drug-likeness (QED) is 0.135. The fraction of sp³-hybridized carbons (Fsp3) is 0.0339. The number of para-hydroxylation sites is 2. The molecule has 1 heterocycles. The van der Waals surface area contributed by atoms with Crippen LogP contribution in [0.25, 0.3) is 43.8 Å². The van der Waals surface area contributed by atoms with Gasteiger partial charge in [0.15, 0.2) is 0 Å². The average Bonchev–Trinajstić information content (AvgIpc) is 3.62. The molecule has 0 amide bonds. The van der Waals surface area contributed by atoms with E-state index in [1.807, 2.05) is 36.4 Å². The lowest BCUT2D eigenvalue weighted by Gasteiger charge is -2.45. The van der Waals surface area contributed by atoms with E-state index in [2.05, 4.69) is 193 Å². The van der Waals surface area contributed by atoms with Crippen LogP contribution < -0.4 is 10.6 Å². The number of anilines is 4. The molecule has 10 aromatic carbocycles. The minimum atomic E-state index is -0.590. The van der Waals surface area contributed by atoms with Crippen LogP contribution >= 0.6 is 0 Å². The fourth-order valence-electron chi connectivity index (χ4n) is 10.2. The predicted molar refractivity (Wildman–Crippen MR) is 259 cm³/mol. The second-order valence-electron chi connectivity index (χ2n) is 16.5. The first kappa shape index (κ1) is 35.9. The number of nitrogen functional groups attached to an aromatic ring is 1. The van der Waals surface area contributed by atoms with Crippen molar-refractivity contribution in [1.29, 1.82) is 0 Å². The van der Waals surface area contributed by atoms with E-state index in [9.17, 15) is 0 Å². The third-order valence-corrected chi connectivity index (χ3v) is 13.0. The van der Waals surface area contributed by atoms with Crippen LogP contribution in [0.15, 0.2) is 229 Å². The number of rotatable bonds is 6. The zero-order valence-electron chi connectivity index (χ0n) is 34.0. The summed E-state index contributed by atoms with van der Waals surface area (Å²) in [6.45, 7) is 0.537. The molecule has 2 N–H and O–H groups in total. The van der Waals surface area contributed by atoms with Crippen molar-refractivity contribution in [1.82, 2.24) is 0 Å². The highest BCUT2D eigenvalue weighted by Crippen LogP contribution is 2.64. The molecule has 0 unspecified atom stereocenters. The molecule has 62 heavy (non-hydrogen) atoms. The molecular weight excluding hydrogens is 751 g/mol. The molecule has 0 saturated heterocycles. The Labute approximate surface area is 361 Å². The summed E-state index contributed by atoms with van der Waals surface area (Å²) in [6, 6.07) is 81.7. The first-order valence-corrected chi connectivity index (χ1v) is 21.4. The van der Waals surface area contributed by atoms with Gasteiger partial charge in [-0.05, 0) is 120 Å². The topological polar surface area (TPSA) is 41.6 Å². The SMILES string of the molecule is Nc1ccccc1/C(=N\Cc1ccc(-c2ccc3c(c2)C2(c4ccccc4-3)c3cc4ccccc4cc3N(c3ccccc3)c3cc4ccccc4cc32)cc1)c1ccccc1. The molecule has 292 valence electrons. The molecular formula is C59H41N3. The Morgan fingerprint density at radius 3 is 1.63 bits per heavy atom. The van der Waals surface area contributed by atoms with Gasteiger partial charge in [0.05, 0.1) is 29.0 Å². The molecule has 0 bridgehead atoms. The van der Waals surface area contributed by atoms with Gasteiger partial charge in [-0.2, -0.15) is 0 Å². The fourth-order valence-corrected chi connectivity index (χ4v) is 10.2. The number of aliphatic imine (C=N–C) groups is 1. The number of benzene rings is 10. The van der Waals surface area contributed by atoms with E-state index >= 15 is 0 Å². The van der Waals surface area contributed by atoms with Gasteiger partial charge in [0.25, 0.3) is 0 Å². The zero-order chi connectivity index (χ0) is 41.2. The van der Waals surface area contributed by atoms with Gasteiger partial charge < -0.3 is 10.6 Å². The maximum atomic E-state index is 6.48. The summed E-state index contributed by atoms with van der Waals surface area (Å²) in [7, 11) is 0. The third kappa shape index (κ3) is 5.56. The van der Waals surface area contributed by atoms with E-state index in [1.165, 1.54) is 77.4 Å². The molecule has 1 aliphatic carbocycles. The Hall–Kier alpha value is -8.01. The number of hydrogen-bond donors (Lipinski definition) is 1. The van der Waals surface area contributed by atoms with Gasteiger partial charge in [-0.25, -0.2) is 0 Å². The highest BCUT2D eigenvalue weighted by molar-refractivity contribution is 6.15. The molecule has 10 aromatic rings. The Morgan fingerprint density at radius 2 is 0.968 bits per heavy atom.